The van der Waals surface area contributed by atoms with Gasteiger partial charge in [0.25, 0.3) is 0 Å². The van der Waals surface area contributed by atoms with Crippen LogP contribution in [0.2, 0.25) is 0 Å². The Balaban J connectivity index is 4.05. The quantitative estimate of drug-likeness (QED) is 0.0413. The summed E-state index contributed by atoms with van der Waals surface area (Å²) < 4.78 is 111. The second kappa shape index (κ2) is 48.7. The highest BCUT2D eigenvalue weighted by molar-refractivity contribution is 5.87. The summed E-state index contributed by atoms with van der Waals surface area (Å²) in [6.45, 7) is 52.5. The lowest BCUT2D eigenvalue weighted by atomic mass is 10.3. The van der Waals surface area contributed by atoms with Crippen molar-refractivity contribution in [3.05, 3.63) is 24.3 Å². The van der Waals surface area contributed by atoms with Crippen LogP contribution in [0.25, 0.3) is 0 Å². The van der Waals surface area contributed by atoms with Crippen molar-refractivity contribution < 1.29 is 99.6 Å². The molecule has 0 saturated carbocycles. The zero-order valence-corrected chi connectivity index (χ0v) is 55.1. The normalized spacial score (nSPS) is 18.7. The molecule has 0 rings (SSSR count). The van der Waals surface area contributed by atoms with Gasteiger partial charge in [-0.2, -0.15) is 0 Å². The summed E-state index contributed by atoms with van der Waals surface area (Å²) in [6, 6.07) is 0. The van der Waals surface area contributed by atoms with Crippen LogP contribution < -0.4 is 0 Å². The minimum Gasteiger partial charge on any atom is -0.460 e. The lowest BCUT2D eigenvalue weighted by molar-refractivity contribution is -0.148. The number of rotatable bonds is 56. The van der Waals surface area contributed by atoms with E-state index < -0.39 is 11.9 Å². The van der Waals surface area contributed by atoms with Crippen molar-refractivity contribution in [1.29, 1.82) is 0 Å². The average molecular weight is 1200 g/mol. The van der Waals surface area contributed by atoms with Gasteiger partial charge in [0.15, 0.2) is 0 Å². The largest absolute Gasteiger partial charge is 0.460 e. The number of esters is 2. The lowest BCUT2D eigenvalue weighted by Gasteiger charge is -2.24. The summed E-state index contributed by atoms with van der Waals surface area (Å²) in [6.07, 6.45) is -2.72. The van der Waals surface area contributed by atoms with Gasteiger partial charge in [0, 0.05) is 11.1 Å². The molecule has 18 atom stereocenters. The van der Waals surface area contributed by atoms with Crippen LogP contribution in [0.3, 0.4) is 0 Å². The van der Waals surface area contributed by atoms with Crippen molar-refractivity contribution >= 4 is 11.9 Å². The highest BCUT2D eigenvalue weighted by Crippen LogP contribution is 2.10. The van der Waals surface area contributed by atoms with Gasteiger partial charge >= 0.3 is 11.9 Å². The molecule has 0 bridgehead atoms. The molecule has 0 N–H and O–H groups in total. The van der Waals surface area contributed by atoms with Crippen molar-refractivity contribution in [2.75, 3.05) is 119 Å². The third kappa shape index (κ3) is 48.4. The number of carbonyl (C=O) groups is 2. The molecule has 0 aliphatic carbocycles. The van der Waals surface area contributed by atoms with Crippen LogP contribution in [0, 0.1) is 0 Å². The van der Waals surface area contributed by atoms with Gasteiger partial charge in [-0.3, -0.25) is 0 Å². The smallest absolute Gasteiger partial charge is 0.333 e. The van der Waals surface area contributed by atoms with E-state index in [1.807, 2.05) is 118 Å². The summed E-state index contributed by atoms with van der Waals surface area (Å²) in [5.41, 5.74) is 0.712. The summed E-state index contributed by atoms with van der Waals surface area (Å²) in [7, 11) is 0. The molecule has 0 aromatic heterocycles. The molecule has 0 aromatic carbocycles. The van der Waals surface area contributed by atoms with Crippen molar-refractivity contribution in [3.63, 3.8) is 0 Å². The maximum atomic E-state index is 11.7. The Morgan fingerprint density at radius 3 is 0.470 bits per heavy atom. The minimum atomic E-state index is -0.428. The molecule has 83 heavy (non-hydrogen) atoms. The van der Waals surface area contributed by atoms with Gasteiger partial charge in [0.05, 0.1) is 216 Å². The molecule has 0 aliphatic rings. The molecule has 18 unspecified atom stereocenters. The van der Waals surface area contributed by atoms with Crippen molar-refractivity contribution in [3.8, 4) is 0 Å². The van der Waals surface area contributed by atoms with Crippen molar-refractivity contribution in [1.82, 2.24) is 0 Å². The maximum Gasteiger partial charge on any atom is 0.333 e. The third-order valence-electron chi connectivity index (χ3n) is 11.9. The Bertz CT molecular complexity index is 1630. The van der Waals surface area contributed by atoms with Crippen LogP contribution in [-0.2, 0) is 99.6 Å². The Kier molecular flexibility index (Phi) is 47.4. The average Bonchev–Trinajstić information content (AvgIpc) is 3.45. The van der Waals surface area contributed by atoms with E-state index in [-0.39, 0.29) is 123 Å². The van der Waals surface area contributed by atoms with Gasteiger partial charge < -0.3 is 90.0 Å². The molecule has 0 amide bonds. The SMILES string of the molecule is C=C(C)C(=O)OCC(C)OCC(C)OCC(C)OCC(C)OCC(C)OCC(C)OCC(C)OCC(C)OCC(C)OCC(C)OCC(C)OCC(C)OCC(C)OCC(C)OCC(C)OCC(C)OCC(C)OCC(C)OC(=O)C(=C)C. The van der Waals surface area contributed by atoms with Crippen LogP contribution in [0.15, 0.2) is 24.3 Å². The van der Waals surface area contributed by atoms with Gasteiger partial charge in [0.2, 0.25) is 0 Å². The predicted molar refractivity (Wildman–Crippen MR) is 318 cm³/mol. The standard InChI is InChI=1S/C62H118O21/c1-41(2)61(63)82-39-59(21)80-37-57(19)78-35-55(17)76-33-53(15)74-31-51(13)72-29-49(11)70-27-47(9)68-25-45(7)66-23-43(5)65-24-44(6)67-26-46(8)69-28-48(10)71-30-50(12)73-32-52(14)75-34-54(16)77-36-56(18)79-38-58(20)81-40-60(22)83-62(64)42(3)4/h43-60H,1,3,23-40H2,2,4-22H3. The number of hydrogen-bond acceptors (Lipinski definition) is 21. The Hall–Kier alpha value is -2.26. The summed E-state index contributed by atoms with van der Waals surface area (Å²) in [4.78, 5) is 23.2. The van der Waals surface area contributed by atoms with E-state index in [2.05, 4.69) is 13.2 Å². The zero-order chi connectivity index (χ0) is 62.9. The molecule has 0 spiro atoms. The zero-order valence-electron chi connectivity index (χ0n) is 55.1. The Morgan fingerprint density at radius 2 is 0.337 bits per heavy atom. The fourth-order valence-corrected chi connectivity index (χ4v) is 6.55. The fraction of sp³-hybridized carbons (Fsp3) is 0.903. The van der Waals surface area contributed by atoms with E-state index >= 15 is 0 Å². The van der Waals surface area contributed by atoms with E-state index in [0.29, 0.717) is 117 Å². The second-order valence-corrected chi connectivity index (χ2v) is 22.8. The van der Waals surface area contributed by atoms with Crippen molar-refractivity contribution in [2.24, 2.45) is 0 Å². The van der Waals surface area contributed by atoms with E-state index in [0.717, 1.165) is 0 Å². The second-order valence-electron chi connectivity index (χ2n) is 22.8. The van der Waals surface area contributed by atoms with Gasteiger partial charge in [-0.05, 0) is 138 Å². The molecule has 0 saturated heterocycles. The van der Waals surface area contributed by atoms with Crippen LogP contribution in [0.4, 0.5) is 0 Å². The number of carbonyl (C=O) groups excluding carboxylic acids is 2. The van der Waals surface area contributed by atoms with Gasteiger partial charge in [0.1, 0.15) is 12.7 Å². The molecule has 21 heteroatoms. The van der Waals surface area contributed by atoms with Gasteiger partial charge in [-0.15, -0.1) is 0 Å². The number of hydrogen-bond donors (Lipinski definition) is 0. The lowest BCUT2D eigenvalue weighted by Crippen LogP contribution is -2.31. The first-order chi connectivity index (χ1) is 39.0. The van der Waals surface area contributed by atoms with Gasteiger partial charge in [-0.25, -0.2) is 9.59 Å². The van der Waals surface area contributed by atoms with E-state index in [4.69, 9.17) is 90.0 Å². The fourth-order valence-electron chi connectivity index (χ4n) is 6.55. The Labute approximate surface area is 501 Å². The van der Waals surface area contributed by atoms with Crippen LogP contribution in [0.1, 0.15) is 138 Å². The molecule has 0 radical (unpaired) electrons. The maximum absolute atomic E-state index is 11.7. The molecule has 0 fully saturated rings. The van der Waals surface area contributed by atoms with Crippen LogP contribution in [0.5, 0.6) is 0 Å². The molecular weight excluding hydrogens is 1080 g/mol. The Morgan fingerprint density at radius 1 is 0.217 bits per heavy atom. The first-order valence-corrected chi connectivity index (χ1v) is 30.2. The molecule has 0 heterocycles. The molecule has 492 valence electrons. The first kappa shape index (κ1) is 80.7. The van der Waals surface area contributed by atoms with E-state index in [9.17, 15) is 9.59 Å². The first-order valence-electron chi connectivity index (χ1n) is 30.2. The third-order valence-corrected chi connectivity index (χ3v) is 11.9. The topological polar surface area (TPSA) is 210 Å². The van der Waals surface area contributed by atoms with Crippen molar-refractivity contribution in [2.45, 2.75) is 248 Å². The monoisotopic (exact) mass is 1200 g/mol. The highest BCUT2D eigenvalue weighted by atomic mass is 16.6. The molecule has 0 aromatic rings. The van der Waals surface area contributed by atoms with Crippen LogP contribution >= 0.6 is 0 Å². The molecule has 0 aliphatic heterocycles. The highest BCUT2D eigenvalue weighted by Gasteiger charge is 2.20. The predicted octanol–water partition coefficient (Wildman–Crippen LogP) is 8.50. The number of ether oxygens (including phenoxy) is 19. The molecular formula is C62H118O21. The summed E-state index contributed by atoms with van der Waals surface area (Å²) in [5.74, 6) is -0.855. The van der Waals surface area contributed by atoms with Crippen LogP contribution in [-0.4, -0.2) is 241 Å². The summed E-state index contributed by atoms with van der Waals surface area (Å²) in [5, 5.41) is 0. The molecule has 21 nitrogen and oxygen atoms in total. The minimum absolute atomic E-state index is 0.124. The van der Waals surface area contributed by atoms with E-state index in [1.54, 1.807) is 20.8 Å². The van der Waals surface area contributed by atoms with Gasteiger partial charge in [-0.1, -0.05) is 13.2 Å². The van der Waals surface area contributed by atoms with E-state index in [1.165, 1.54) is 0 Å². The summed E-state index contributed by atoms with van der Waals surface area (Å²) >= 11 is 0.